The second-order valence-corrected chi connectivity index (χ2v) is 45.6. The highest BCUT2D eigenvalue weighted by molar-refractivity contribution is 5.70. The predicted molar refractivity (Wildman–Crippen MR) is 436 cm³/mol. The number of ether oxygens (including phenoxy) is 3. The van der Waals surface area contributed by atoms with Crippen LogP contribution < -0.4 is 11.3 Å². The molecule has 16 saturated carbocycles. The zero-order valence-electron chi connectivity index (χ0n) is 71.2. The highest BCUT2D eigenvalue weighted by Crippen LogP contribution is 2.76. The first-order valence-corrected chi connectivity index (χ1v) is 47.4. The second kappa shape index (κ2) is 29.7. The summed E-state index contributed by atoms with van der Waals surface area (Å²) in [5.41, 5.74) is 2.75. The number of rotatable bonds is 3. The van der Waals surface area contributed by atoms with E-state index in [1.54, 1.807) is 12.5 Å². The van der Waals surface area contributed by atoms with Crippen LogP contribution in [0, 0.1) is 156 Å². The first-order valence-electron chi connectivity index (χ1n) is 47.4. The maximum Gasteiger partial charge on any atom is 0.335 e. The number of hydrogen-bond donors (Lipinski definition) is 4. The lowest BCUT2D eigenvalue weighted by atomic mass is 9.43. The topological polar surface area (TPSA) is 186 Å². The Balaban J connectivity index is 0.000000108. The third kappa shape index (κ3) is 12.6. The molecular formula is C99H151FO12. The van der Waals surface area contributed by atoms with Crippen LogP contribution in [0.1, 0.15) is 355 Å². The summed E-state index contributed by atoms with van der Waals surface area (Å²) < 4.78 is 29.2. The molecule has 21 rings (SSSR count). The van der Waals surface area contributed by atoms with E-state index in [9.17, 15) is 34.8 Å². The molecule has 0 radical (unpaired) electrons. The molecule has 12 nitrogen and oxygen atoms in total. The van der Waals surface area contributed by atoms with Gasteiger partial charge in [-0.3, -0.25) is 9.50 Å². The Kier molecular flexibility index (Phi) is 21.6. The number of cyclic esters (lactones) is 1. The first kappa shape index (κ1) is 81.4. The van der Waals surface area contributed by atoms with Crippen molar-refractivity contribution in [2.24, 2.45) is 156 Å². The minimum absolute atomic E-state index is 0. The van der Waals surface area contributed by atoms with Crippen LogP contribution >= 0.6 is 0 Å². The van der Waals surface area contributed by atoms with Crippen LogP contribution in [-0.2, 0) is 19.0 Å². The van der Waals surface area contributed by atoms with E-state index in [1.165, 1.54) is 153 Å². The van der Waals surface area contributed by atoms with Crippen molar-refractivity contribution >= 4 is 5.97 Å². The van der Waals surface area contributed by atoms with Gasteiger partial charge in [0.2, 0.25) is 0 Å². The quantitative estimate of drug-likeness (QED) is 0.213. The Hall–Kier alpha value is -2.94. The van der Waals surface area contributed by atoms with Gasteiger partial charge in [-0.05, 0) is 399 Å². The van der Waals surface area contributed by atoms with Crippen molar-refractivity contribution in [3.63, 3.8) is 0 Å². The molecule has 2 aromatic heterocycles. The fraction of sp³-hybridized carbons (Fsp3) is 0.889. The van der Waals surface area contributed by atoms with Crippen molar-refractivity contribution in [1.29, 1.82) is 0 Å². The molecule has 112 heavy (non-hydrogen) atoms. The molecule has 16 aliphatic carbocycles. The highest BCUT2D eigenvalue weighted by Gasteiger charge is 2.72. The minimum atomic E-state index is -0.638. The van der Waals surface area contributed by atoms with E-state index in [0.717, 1.165) is 192 Å². The van der Waals surface area contributed by atoms with E-state index in [-0.39, 0.29) is 73.4 Å². The standard InChI is InChI=1S/C27H44O2.2C24H34O4.C24H38O2.FH/c1-17-10-14-27(28-16-17)18(2)24-23(29-27)15-22-20-9-8-19-7-5-6-12-25(19,3)21(20)11-13-26(22,24)4;2*1-22-10-7-17(25)13-16(22)4-5-20-19(22)8-11-23(2)18(9-12-24(20,23)27)15-3-6-21(26)28-14-15;1-23-13-4-3-5-17(23)7-8-18-20-10-9-19(16-6-11-22(25)26-15-16)24(20,2)14-12-21(18)23;/h17-24H,5-16H2,1-4H3;2*3,6,14,16-20,25,27H,4-5,7-13H2,1-2H3;16-21H,3-15H2,1-2H3;1H/t17?,18-,19-,20+,21-,22-,23-,24-,25-,26-,27+;2*16-,17+,18-,19?,20?,22+,23-,24+;16-,17-,18-,19+,20+,21-,23-,24+;/m0110./s1. The molecule has 0 bridgehead atoms. The van der Waals surface area contributed by atoms with E-state index in [2.05, 4.69) is 69.2 Å². The zero-order valence-corrected chi connectivity index (χ0v) is 71.2. The Bertz CT molecular complexity index is 3640. The number of esters is 1. The molecule has 3 saturated heterocycles. The Morgan fingerprint density at radius 1 is 0.393 bits per heavy atom. The molecule has 2 aromatic rings. The largest absolute Gasteiger partial charge is 0.465 e. The summed E-state index contributed by atoms with van der Waals surface area (Å²) in [6.07, 6.45) is 54.0. The SMILES string of the molecule is CC1CC[C@@]2(OC1)O[C@H]1C[C@H]3[C@@H]4CC[C@@H]5CCCC[C@]5(C)[C@H]4CC[C@]3(C)[C@H]1[C@@H]2C.C[C@]12CC[C@H](O)C[C@H]1CCC1C2CC[C@]2(C)[C@@H](c3ccc(=O)oc3)CC[C@]12O.C[C@]12CC[C@H](O)C[C@H]1CCC1C2CC[C@]2(C)[C@@H](c3ccc(=O)oc3)CC[C@]12O.C[C@]12CC[C@H]3[C@@H](CC[C@@H]4CCCC[C@@]43C)[C@H]1CC[C@@H]2[C@H]1CCC(=O)OC1.F. The summed E-state index contributed by atoms with van der Waals surface area (Å²) in [6, 6.07) is 6.84. The van der Waals surface area contributed by atoms with Crippen LogP contribution in [-0.4, -0.2) is 74.9 Å². The van der Waals surface area contributed by atoms with Crippen molar-refractivity contribution in [3.05, 3.63) is 68.8 Å². The number of aliphatic hydroxyl groups excluding tert-OH is 2. The molecule has 13 heteroatoms. The van der Waals surface area contributed by atoms with Crippen molar-refractivity contribution in [2.45, 2.75) is 380 Å². The van der Waals surface area contributed by atoms with Crippen LogP contribution in [0.2, 0.25) is 0 Å². The van der Waals surface area contributed by atoms with Gasteiger partial charge in [0.1, 0.15) is 0 Å². The maximum absolute atomic E-state index is 12.2. The van der Waals surface area contributed by atoms with Crippen LogP contribution in [0.4, 0.5) is 4.70 Å². The second-order valence-electron chi connectivity index (χ2n) is 45.6. The summed E-state index contributed by atoms with van der Waals surface area (Å²) in [7, 11) is 0. The highest BCUT2D eigenvalue weighted by atomic mass is 19.0. The normalized spacial score (nSPS) is 53.8. The number of carbonyl (C=O) groups is 1. The maximum atomic E-state index is 12.2. The average Bonchev–Trinajstić information content (AvgIpc) is 1.81. The molecule has 35 atom stereocenters. The summed E-state index contributed by atoms with van der Waals surface area (Å²) in [5.74, 6) is 14.6. The van der Waals surface area contributed by atoms with Gasteiger partial charge in [0.05, 0.1) is 55.3 Å². The van der Waals surface area contributed by atoms with Crippen LogP contribution in [0.5, 0.6) is 0 Å². The van der Waals surface area contributed by atoms with E-state index >= 15 is 0 Å². The summed E-state index contributed by atoms with van der Waals surface area (Å²) >= 11 is 0. The van der Waals surface area contributed by atoms with Gasteiger partial charge in [0.15, 0.2) is 5.79 Å². The summed E-state index contributed by atoms with van der Waals surface area (Å²) in [4.78, 5) is 34.3. The number of hydrogen-bond acceptors (Lipinski definition) is 12. The van der Waals surface area contributed by atoms with Crippen LogP contribution in [0.25, 0.3) is 0 Å². The van der Waals surface area contributed by atoms with Gasteiger partial charge in [0, 0.05) is 41.7 Å². The average molecular weight is 1550 g/mol. The van der Waals surface area contributed by atoms with Gasteiger partial charge in [-0.1, -0.05) is 94.9 Å². The van der Waals surface area contributed by atoms with E-state index < -0.39 is 11.2 Å². The van der Waals surface area contributed by atoms with Crippen LogP contribution in [0.3, 0.4) is 0 Å². The monoisotopic (exact) mass is 1550 g/mol. The molecule has 0 amide bonds. The van der Waals surface area contributed by atoms with Gasteiger partial charge >= 0.3 is 17.2 Å². The van der Waals surface area contributed by atoms with E-state index in [0.29, 0.717) is 94.1 Å². The number of aliphatic hydroxyl groups is 4. The van der Waals surface area contributed by atoms with Crippen LogP contribution in [0.15, 0.2) is 55.2 Å². The molecule has 0 aromatic carbocycles. The summed E-state index contributed by atoms with van der Waals surface area (Å²) in [5, 5.41) is 44.7. The van der Waals surface area contributed by atoms with Gasteiger partial charge in [-0.15, -0.1) is 0 Å². The van der Waals surface area contributed by atoms with Gasteiger partial charge < -0.3 is 43.5 Å². The molecule has 5 heterocycles. The molecule has 626 valence electrons. The van der Waals surface area contributed by atoms with Gasteiger partial charge in [0.25, 0.3) is 0 Å². The predicted octanol–water partition coefficient (Wildman–Crippen LogP) is 21.4. The fourth-order valence-electron chi connectivity index (χ4n) is 36.0. The minimum Gasteiger partial charge on any atom is -0.465 e. The van der Waals surface area contributed by atoms with E-state index in [4.69, 9.17) is 23.0 Å². The lowest BCUT2D eigenvalue weighted by Crippen LogP contribution is -2.62. The molecule has 4 N–H and O–H groups in total. The van der Waals surface area contributed by atoms with Crippen molar-refractivity contribution in [2.75, 3.05) is 13.2 Å². The lowest BCUT2D eigenvalue weighted by molar-refractivity contribution is -0.273. The molecule has 19 aliphatic rings. The molecule has 5 unspecified atom stereocenters. The third-order valence-corrected chi connectivity index (χ3v) is 42.2. The smallest absolute Gasteiger partial charge is 0.335 e. The molecule has 1 spiro atoms. The number of carbonyl (C=O) groups excluding carboxylic acids is 1. The van der Waals surface area contributed by atoms with Crippen molar-refractivity contribution < 1.29 is 53.0 Å². The van der Waals surface area contributed by atoms with Crippen molar-refractivity contribution in [1.82, 2.24) is 0 Å². The summed E-state index contributed by atoms with van der Waals surface area (Å²) in [6.45, 7) is 26.6. The third-order valence-electron chi connectivity index (χ3n) is 42.2. The Morgan fingerprint density at radius 2 is 0.857 bits per heavy atom. The Morgan fingerprint density at radius 3 is 1.35 bits per heavy atom. The number of halogens is 1. The first-order chi connectivity index (χ1) is 52.9. The number of fused-ring (bicyclic) bond motifs is 22. The van der Waals surface area contributed by atoms with Gasteiger partial charge in [-0.2, -0.15) is 0 Å². The molecular weight excluding hydrogens is 1400 g/mol. The van der Waals surface area contributed by atoms with Gasteiger partial charge in [-0.25, -0.2) is 9.59 Å². The Labute approximate surface area is 672 Å². The van der Waals surface area contributed by atoms with Crippen molar-refractivity contribution in [3.8, 4) is 0 Å². The molecule has 3 aliphatic heterocycles. The lowest BCUT2D eigenvalue weighted by Gasteiger charge is -2.63. The molecule has 19 fully saturated rings. The van der Waals surface area contributed by atoms with E-state index in [1.807, 2.05) is 12.1 Å². The zero-order chi connectivity index (χ0) is 77.4. The fourth-order valence-corrected chi connectivity index (χ4v) is 36.0.